The Balaban J connectivity index is 1.63. The molecular weight excluding hydrogens is 350 g/mol. The molecule has 5 heteroatoms. The average molecular weight is 386 g/mol. The summed E-state index contributed by atoms with van der Waals surface area (Å²) in [6.07, 6.45) is 2.60. The lowest BCUT2D eigenvalue weighted by atomic mass is 9.88. The number of nitrogens with one attached hydrogen (secondary N) is 1. The van der Waals surface area contributed by atoms with Crippen LogP contribution in [0, 0.1) is 11.8 Å². The maximum Gasteiger partial charge on any atom is 0.251 e. The predicted molar refractivity (Wildman–Crippen MR) is 114 cm³/mol. The SMILES string of the molecule is CCC(=O)N1CCc2cc(C(=O)NCC(C)(C)N3CC(C)CC(C)C3)ccc21. The molecule has 5 nitrogen and oxygen atoms in total. The molecule has 2 amide bonds. The van der Waals surface area contributed by atoms with E-state index in [0.717, 1.165) is 30.8 Å². The topological polar surface area (TPSA) is 52.7 Å². The monoisotopic (exact) mass is 385 g/mol. The van der Waals surface area contributed by atoms with Gasteiger partial charge >= 0.3 is 0 Å². The fourth-order valence-corrected chi connectivity index (χ4v) is 4.66. The number of benzene rings is 1. The Hall–Kier alpha value is -1.88. The van der Waals surface area contributed by atoms with Crippen molar-refractivity contribution in [2.75, 3.05) is 31.1 Å². The van der Waals surface area contributed by atoms with E-state index in [4.69, 9.17) is 0 Å². The van der Waals surface area contributed by atoms with E-state index in [1.54, 1.807) is 0 Å². The summed E-state index contributed by atoms with van der Waals surface area (Å²) in [5.41, 5.74) is 2.66. The molecule has 3 rings (SSSR count). The molecule has 1 aromatic carbocycles. The van der Waals surface area contributed by atoms with Crippen molar-refractivity contribution in [2.24, 2.45) is 11.8 Å². The summed E-state index contributed by atoms with van der Waals surface area (Å²) in [5.74, 6) is 1.50. The zero-order valence-corrected chi connectivity index (χ0v) is 18.0. The normalized spacial score (nSPS) is 22.8. The van der Waals surface area contributed by atoms with E-state index in [9.17, 15) is 9.59 Å². The molecule has 0 aliphatic carbocycles. The van der Waals surface area contributed by atoms with Gasteiger partial charge in [-0.2, -0.15) is 0 Å². The Bertz CT molecular complexity index is 733. The maximum atomic E-state index is 12.8. The van der Waals surface area contributed by atoms with Crippen LogP contribution in [0.15, 0.2) is 18.2 Å². The summed E-state index contributed by atoms with van der Waals surface area (Å²) >= 11 is 0. The molecule has 0 spiro atoms. The van der Waals surface area contributed by atoms with Crippen molar-refractivity contribution in [1.29, 1.82) is 0 Å². The number of carbonyl (C=O) groups is 2. The average Bonchev–Trinajstić information content (AvgIpc) is 3.08. The number of hydrogen-bond donors (Lipinski definition) is 1. The van der Waals surface area contributed by atoms with Gasteiger partial charge in [-0.1, -0.05) is 20.8 Å². The van der Waals surface area contributed by atoms with Crippen molar-refractivity contribution in [3.63, 3.8) is 0 Å². The first-order valence-electron chi connectivity index (χ1n) is 10.7. The van der Waals surface area contributed by atoms with Gasteiger partial charge in [0.15, 0.2) is 0 Å². The van der Waals surface area contributed by atoms with Crippen LogP contribution >= 0.6 is 0 Å². The Morgan fingerprint density at radius 1 is 1.18 bits per heavy atom. The molecule has 2 unspecified atom stereocenters. The molecule has 2 aliphatic rings. The smallest absolute Gasteiger partial charge is 0.251 e. The van der Waals surface area contributed by atoms with E-state index in [-0.39, 0.29) is 17.4 Å². The van der Waals surface area contributed by atoms with Crippen molar-refractivity contribution in [3.05, 3.63) is 29.3 Å². The van der Waals surface area contributed by atoms with Crippen LogP contribution in [0.4, 0.5) is 5.69 Å². The number of hydrogen-bond acceptors (Lipinski definition) is 3. The largest absolute Gasteiger partial charge is 0.350 e. The zero-order chi connectivity index (χ0) is 20.5. The van der Waals surface area contributed by atoms with E-state index in [1.165, 1.54) is 6.42 Å². The molecule has 28 heavy (non-hydrogen) atoms. The van der Waals surface area contributed by atoms with Crippen LogP contribution in [-0.4, -0.2) is 48.4 Å². The molecule has 0 aromatic heterocycles. The van der Waals surface area contributed by atoms with Crippen LogP contribution in [0.25, 0.3) is 0 Å². The minimum atomic E-state index is -0.0698. The van der Waals surface area contributed by atoms with Crippen molar-refractivity contribution >= 4 is 17.5 Å². The highest BCUT2D eigenvalue weighted by molar-refractivity contribution is 5.98. The first kappa shape index (κ1) is 20.8. The maximum absolute atomic E-state index is 12.8. The first-order valence-corrected chi connectivity index (χ1v) is 10.7. The predicted octanol–water partition coefficient (Wildman–Crippen LogP) is 3.47. The highest BCUT2D eigenvalue weighted by Gasteiger charge is 2.33. The van der Waals surface area contributed by atoms with Crippen LogP contribution in [0.2, 0.25) is 0 Å². The highest BCUT2D eigenvalue weighted by Crippen LogP contribution is 2.30. The first-order chi connectivity index (χ1) is 13.2. The van der Waals surface area contributed by atoms with Crippen LogP contribution in [0.1, 0.15) is 63.4 Å². The fraction of sp³-hybridized carbons (Fsp3) is 0.652. The number of rotatable bonds is 5. The van der Waals surface area contributed by atoms with Crippen molar-refractivity contribution in [3.8, 4) is 0 Å². The lowest BCUT2D eigenvalue weighted by Crippen LogP contribution is -2.56. The summed E-state index contributed by atoms with van der Waals surface area (Å²) < 4.78 is 0. The molecule has 1 N–H and O–H groups in total. The Morgan fingerprint density at radius 3 is 2.50 bits per heavy atom. The van der Waals surface area contributed by atoms with E-state index in [2.05, 4.69) is 37.9 Å². The van der Waals surface area contributed by atoms with Gasteiger partial charge in [0.1, 0.15) is 0 Å². The molecule has 0 saturated carbocycles. The lowest BCUT2D eigenvalue weighted by molar-refractivity contribution is -0.118. The van der Waals surface area contributed by atoms with E-state index in [1.807, 2.05) is 30.0 Å². The molecule has 2 atom stereocenters. The number of piperidine rings is 1. The zero-order valence-electron chi connectivity index (χ0n) is 18.0. The van der Waals surface area contributed by atoms with Crippen molar-refractivity contribution in [1.82, 2.24) is 10.2 Å². The number of amides is 2. The Kier molecular flexibility index (Phi) is 6.13. The second-order valence-electron chi connectivity index (χ2n) is 9.34. The molecule has 1 saturated heterocycles. The number of anilines is 1. The quantitative estimate of drug-likeness (QED) is 0.844. The van der Waals surface area contributed by atoms with Gasteiger partial charge in [0.25, 0.3) is 5.91 Å². The van der Waals surface area contributed by atoms with Crippen LogP contribution in [0.5, 0.6) is 0 Å². The van der Waals surface area contributed by atoms with Crippen LogP contribution < -0.4 is 10.2 Å². The standard InChI is InChI=1S/C23H35N3O2/c1-6-21(27)26-10-9-18-12-19(7-8-20(18)26)22(28)24-15-23(4,5)25-13-16(2)11-17(3)14-25/h7-8,12,16-17H,6,9-11,13-15H2,1-5H3,(H,24,28). The van der Waals surface area contributed by atoms with Gasteiger partial charge in [-0.3, -0.25) is 14.5 Å². The van der Waals surface area contributed by atoms with Gasteiger partial charge in [0.2, 0.25) is 5.91 Å². The van der Waals surface area contributed by atoms with E-state index < -0.39 is 0 Å². The van der Waals surface area contributed by atoms with Crippen LogP contribution in [-0.2, 0) is 11.2 Å². The molecular formula is C23H35N3O2. The summed E-state index contributed by atoms with van der Waals surface area (Å²) in [4.78, 5) is 29.2. The summed E-state index contributed by atoms with van der Waals surface area (Å²) in [7, 11) is 0. The molecule has 1 fully saturated rings. The number of carbonyl (C=O) groups excluding carboxylic acids is 2. The molecule has 2 aliphatic heterocycles. The van der Waals surface area contributed by atoms with Crippen molar-refractivity contribution < 1.29 is 9.59 Å². The van der Waals surface area contributed by atoms with Gasteiger partial charge in [-0.25, -0.2) is 0 Å². The van der Waals surface area contributed by atoms with Gasteiger partial charge in [0.05, 0.1) is 0 Å². The third-order valence-corrected chi connectivity index (χ3v) is 6.25. The molecule has 2 heterocycles. The van der Waals surface area contributed by atoms with Crippen molar-refractivity contribution in [2.45, 2.75) is 59.4 Å². The van der Waals surface area contributed by atoms with E-state index in [0.29, 0.717) is 36.9 Å². The Labute approximate surface area is 169 Å². The van der Waals surface area contributed by atoms with Gasteiger partial charge < -0.3 is 10.2 Å². The molecule has 1 aromatic rings. The fourth-order valence-electron chi connectivity index (χ4n) is 4.66. The van der Waals surface area contributed by atoms with Crippen LogP contribution in [0.3, 0.4) is 0 Å². The summed E-state index contributed by atoms with van der Waals surface area (Å²) in [5, 5.41) is 3.14. The van der Waals surface area contributed by atoms with Gasteiger partial charge in [-0.05, 0) is 62.3 Å². The summed E-state index contributed by atoms with van der Waals surface area (Å²) in [6.45, 7) is 14.5. The number of nitrogens with zero attached hydrogens (tertiary/aromatic N) is 2. The lowest BCUT2D eigenvalue weighted by Gasteiger charge is -2.45. The minimum absolute atomic E-state index is 0.0331. The minimum Gasteiger partial charge on any atom is -0.350 e. The second-order valence-corrected chi connectivity index (χ2v) is 9.34. The second kappa shape index (κ2) is 8.24. The number of likely N-dealkylation sites (tertiary alicyclic amines) is 1. The van der Waals surface area contributed by atoms with Gasteiger partial charge in [0, 0.05) is 49.4 Å². The molecule has 0 radical (unpaired) electrons. The molecule has 154 valence electrons. The van der Waals surface area contributed by atoms with Gasteiger partial charge in [-0.15, -0.1) is 0 Å². The number of fused-ring (bicyclic) bond motifs is 1. The third-order valence-electron chi connectivity index (χ3n) is 6.25. The van der Waals surface area contributed by atoms with E-state index >= 15 is 0 Å². The summed E-state index contributed by atoms with van der Waals surface area (Å²) in [6, 6.07) is 5.71. The third kappa shape index (κ3) is 4.40. The molecule has 0 bridgehead atoms. The Morgan fingerprint density at radius 2 is 1.86 bits per heavy atom. The highest BCUT2D eigenvalue weighted by atomic mass is 16.2.